The van der Waals surface area contributed by atoms with Crippen molar-refractivity contribution in [3.63, 3.8) is 0 Å². The van der Waals surface area contributed by atoms with Crippen molar-refractivity contribution < 1.29 is 14.7 Å². The average molecular weight is 534 g/mol. The fourth-order valence-electron chi connectivity index (χ4n) is 8.09. The molecule has 8 heteroatoms. The van der Waals surface area contributed by atoms with E-state index in [1.165, 1.54) is 4.68 Å². The van der Waals surface area contributed by atoms with E-state index >= 15 is 0 Å². The Hall–Kier alpha value is -3.10. The quantitative estimate of drug-likeness (QED) is 0.444. The number of benzene rings is 2. The summed E-state index contributed by atoms with van der Waals surface area (Å²) in [6, 6.07) is 11.2. The molecule has 1 heterocycles. The van der Waals surface area contributed by atoms with E-state index in [1.807, 2.05) is 25.1 Å². The van der Waals surface area contributed by atoms with Crippen molar-refractivity contribution in [2.24, 2.45) is 17.3 Å². The van der Waals surface area contributed by atoms with Gasteiger partial charge in [-0.2, -0.15) is 4.68 Å². The lowest BCUT2D eigenvalue weighted by Gasteiger charge is -2.52. The molecule has 0 saturated heterocycles. The summed E-state index contributed by atoms with van der Waals surface area (Å²) in [6.45, 7) is 5.10. The predicted molar refractivity (Wildman–Crippen MR) is 151 cm³/mol. The van der Waals surface area contributed by atoms with Crippen LogP contribution in [-0.2, 0) is 13.0 Å². The van der Waals surface area contributed by atoms with Crippen LogP contribution in [0, 0.1) is 17.3 Å². The number of aromatic hydroxyl groups is 1. The number of hydrogen-bond donors (Lipinski definition) is 3. The Bertz CT molecular complexity index is 1540. The van der Waals surface area contributed by atoms with Gasteiger partial charge in [-0.05, 0) is 104 Å². The van der Waals surface area contributed by atoms with E-state index in [-0.39, 0.29) is 11.2 Å². The Labute approximate surface area is 229 Å². The van der Waals surface area contributed by atoms with Crippen LogP contribution in [-0.4, -0.2) is 55.8 Å². The van der Waals surface area contributed by atoms with Crippen molar-refractivity contribution in [3.05, 3.63) is 74.1 Å². The lowest BCUT2D eigenvalue weighted by atomic mass is 9.53. The highest BCUT2D eigenvalue weighted by Crippen LogP contribution is 2.64. The second-order valence-corrected chi connectivity index (χ2v) is 13.7. The van der Waals surface area contributed by atoms with Crippen molar-refractivity contribution in [2.45, 2.75) is 70.4 Å². The van der Waals surface area contributed by atoms with E-state index in [0.29, 0.717) is 29.1 Å². The number of aliphatic hydroxyl groups is 1. The number of aryl methyl sites for hydroxylation is 1. The molecule has 0 unspecified atom stereocenters. The minimum absolute atomic E-state index is 0.00885. The summed E-state index contributed by atoms with van der Waals surface area (Å²) in [5, 5.41) is 24.8. The summed E-state index contributed by atoms with van der Waals surface area (Å²) < 4.78 is 3.06. The first-order valence-corrected chi connectivity index (χ1v) is 14.2. The zero-order valence-electron chi connectivity index (χ0n) is 23.7. The number of phenols is 1. The monoisotopic (exact) mass is 533 g/mol. The highest BCUT2D eigenvalue weighted by atomic mass is 16.3. The van der Waals surface area contributed by atoms with Gasteiger partial charge in [0.05, 0.1) is 32.4 Å². The third kappa shape index (κ3) is 4.11. The standard InChI is InChI=1S/C31H40N4O4/c1-30-14-12-22-23(25(30)13-15-31(30,2)39)11-8-20-16-27(36)26(17-24(20)22)34-29(38)33(28(37)32-34)21-9-6-19(7-10-21)18-35(3,4)5/h6-7,9-10,16-17,22-23,25,39H,8,11-15,18H2,1-5H3,(H-,32,36,37)/p+1/t22-,23+,25-,30-,31-/m0/s1. The normalized spacial score (nSPS) is 30.1. The third-order valence-corrected chi connectivity index (χ3v) is 10.3. The van der Waals surface area contributed by atoms with Crippen LogP contribution in [0.5, 0.6) is 5.75 Å². The Morgan fingerprint density at radius 1 is 1.03 bits per heavy atom. The molecular weight excluding hydrogens is 492 g/mol. The highest BCUT2D eigenvalue weighted by Gasteiger charge is 2.59. The Morgan fingerprint density at radius 3 is 2.44 bits per heavy atom. The fourth-order valence-corrected chi connectivity index (χ4v) is 8.09. The first-order chi connectivity index (χ1) is 18.3. The van der Waals surface area contributed by atoms with E-state index in [2.05, 4.69) is 33.2 Å². The second-order valence-electron chi connectivity index (χ2n) is 13.7. The van der Waals surface area contributed by atoms with Crippen molar-refractivity contribution >= 4 is 0 Å². The van der Waals surface area contributed by atoms with Gasteiger partial charge in [-0.3, -0.25) is 0 Å². The molecule has 3 aliphatic carbocycles. The maximum absolute atomic E-state index is 13.5. The molecule has 3 N–H and O–H groups in total. The fraction of sp³-hybridized carbons (Fsp3) is 0.548. The van der Waals surface area contributed by atoms with Crippen LogP contribution < -0.4 is 11.4 Å². The number of fused-ring (bicyclic) bond motifs is 5. The number of aromatic nitrogens is 3. The van der Waals surface area contributed by atoms with Crippen molar-refractivity contribution in [3.8, 4) is 17.1 Å². The van der Waals surface area contributed by atoms with Gasteiger partial charge in [0.1, 0.15) is 18.0 Å². The predicted octanol–water partition coefficient (Wildman–Crippen LogP) is 3.84. The molecule has 39 heavy (non-hydrogen) atoms. The average Bonchev–Trinajstić information content (AvgIpc) is 3.29. The summed E-state index contributed by atoms with van der Waals surface area (Å²) in [6.07, 6.45) is 5.71. The van der Waals surface area contributed by atoms with Gasteiger partial charge in [0, 0.05) is 5.56 Å². The van der Waals surface area contributed by atoms with Crippen molar-refractivity contribution in [2.75, 3.05) is 21.1 Å². The van der Waals surface area contributed by atoms with Gasteiger partial charge in [-0.15, -0.1) is 0 Å². The zero-order valence-corrected chi connectivity index (χ0v) is 23.7. The zero-order chi connectivity index (χ0) is 27.9. The molecule has 0 bridgehead atoms. The first-order valence-electron chi connectivity index (χ1n) is 14.2. The molecule has 0 radical (unpaired) electrons. The van der Waals surface area contributed by atoms with Crippen LogP contribution in [0.4, 0.5) is 0 Å². The Morgan fingerprint density at radius 2 is 1.74 bits per heavy atom. The van der Waals surface area contributed by atoms with Gasteiger partial charge in [-0.25, -0.2) is 19.3 Å². The van der Waals surface area contributed by atoms with Gasteiger partial charge in [0.15, 0.2) is 0 Å². The first kappa shape index (κ1) is 26.1. The van der Waals surface area contributed by atoms with E-state index in [1.54, 1.807) is 18.2 Å². The Balaban J connectivity index is 1.36. The van der Waals surface area contributed by atoms with Crippen LogP contribution in [0.1, 0.15) is 68.6 Å². The van der Waals surface area contributed by atoms with E-state index in [0.717, 1.165) is 70.8 Å². The highest BCUT2D eigenvalue weighted by molar-refractivity contribution is 5.53. The van der Waals surface area contributed by atoms with E-state index in [9.17, 15) is 19.8 Å². The molecular formula is C31H41N4O4+. The molecule has 0 amide bonds. The molecule has 1 aromatic heterocycles. The summed E-state index contributed by atoms with van der Waals surface area (Å²) in [7, 11) is 6.33. The number of nitrogens with one attached hydrogen (secondary N) is 1. The number of quaternary nitrogens is 1. The van der Waals surface area contributed by atoms with Gasteiger partial charge in [0.2, 0.25) is 0 Å². The van der Waals surface area contributed by atoms with Crippen LogP contribution in [0.15, 0.2) is 46.0 Å². The number of H-pyrrole nitrogens is 1. The number of rotatable bonds is 4. The summed E-state index contributed by atoms with van der Waals surface area (Å²) in [4.78, 5) is 26.5. The molecule has 5 atom stereocenters. The van der Waals surface area contributed by atoms with Crippen LogP contribution in [0.2, 0.25) is 0 Å². The number of aromatic amines is 1. The lowest BCUT2D eigenvalue weighted by molar-refractivity contribution is -0.884. The molecule has 0 aliphatic heterocycles. The van der Waals surface area contributed by atoms with Crippen LogP contribution in [0.25, 0.3) is 11.4 Å². The summed E-state index contributed by atoms with van der Waals surface area (Å²) >= 11 is 0. The molecule has 8 nitrogen and oxygen atoms in total. The number of nitrogens with zero attached hydrogens (tertiary/aromatic N) is 3. The smallest absolute Gasteiger partial charge is 0.356 e. The third-order valence-electron chi connectivity index (χ3n) is 10.3. The second kappa shape index (κ2) is 8.70. The van der Waals surface area contributed by atoms with E-state index < -0.39 is 17.0 Å². The molecule has 2 aromatic carbocycles. The van der Waals surface area contributed by atoms with Gasteiger partial charge in [0.25, 0.3) is 0 Å². The van der Waals surface area contributed by atoms with Gasteiger partial charge >= 0.3 is 11.4 Å². The van der Waals surface area contributed by atoms with Crippen LogP contribution >= 0.6 is 0 Å². The van der Waals surface area contributed by atoms with Crippen molar-refractivity contribution in [1.29, 1.82) is 0 Å². The largest absolute Gasteiger partial charge is 0.506 e. The molecule has 2 fully saturated rings. The molecule has 6 rings (SSSR count). The maximum atomic E-state index is 13.5. The van der Waals surface area contributed by atoms with Gasteiger partial charge < -0.3 is 14.7 Å². The molecule has 3 aliphatic rings. The summed E-state index contributed by atoms with van der Waals surface area (Å²) in [5.41, 5.74) is 2.40. The minimum atomic E-state index is -0.636. The summed E-state index contributed by atoms with van der Waals surface area (Å²) in [5.74, 6) is 1.23. The van der Waals surface area contributed by atoms with Gasteiger partial charge in [-0.1, -0.05) is 19.1 Å². The SMILES string of the molecule is C[C@]1(O)CC[C@H]2[C@@H]3CCc4cc(O)c(-n5[nH]c(=O)n(-c6ccc(C[N+](C)(C)C)cc6)c5=O)cc4[C@H]3CC[C@@]21C. The molecule has 208 valence electrons. The van der Waals surface area contributed by atoms with Crippen LogP contribution in [0.3, 0.4) is 0 Å². The van der Waals surface area contributed by atoms with E-state index in [4.69, 9.17) is 0 Å². The number of hydrogen-bond acceptors (Lipinski definition) is 4. The Kier molecular flexibility index (Phi) is 5.83. The molecule has 3 aromatic rings. The van der Waals surface area contributed by atoms with Crippen molar-refractivity contribution in [1.82, 2.24) is 14.3 Å². The lowest BCUT2D eigenvalue weighted by Crippen LogP contribution is -2.49. The topological polar surface area (TPSA) is 100 Å². The maximum Gasteiger partial charge on any atom is 0.356 e. The molecule has 0 spiro atoms. The molecule has 2 saturated carbocycles. The minimum Gasteiger partial charge on any atom is -0.506 e. The number of phenolic OH excluding ortho intramolecular Hbond substituents is 1.